The number of urea groups is 1. The van der Waals surface area contributed by atoms with Crippen molar-refractivity contribution in [3.05, 3.63) is 63.6 Å². The van der Waals surface area contributed by atoms with Gasteiger partial charge in [-0.15, -0.1) is 0 Å². The minimum atomic E-state index is -1.43. The Hall–Kier alpha value is -3.10. The summed E-state index contributed by atoms with van der Waals surface area (Å²) >= 11 is 12.2. The van der Waals surface area contributed by atoms with Crippen molar-refractivity contribution in [2.45, 2.75) is 31.3 Å². The molecular weight excluding hydrogens is 455 g/mol. The van der Waals surface area contributed by atoms with Gasteiger partial charge in [-0.1, -0.05) is 35.3 Å². The molecule has 3 N–H and O–H groups in total. The van der Waals surface area contributed by atoms with Gasteiger partial charge in [-0.25, -0.2) is 4.79 Å². The zero-order valence-corrected chi connectivity index (χ0v) is 18.6. The molecule has 2 aromatic carbocycles. The maximum absolute atomic E-state index is 13.0. The number of anilines is 1. The van der Waals surface area contributed by atoms with E-state index in [4.69, 9.17) is 23.2 Å². The van der Waals surface area contributed by atoms with Crippen LogP contribution in [0.4, 0.5) is 10.5 Å². The van der Waals surface area contributed by atoms with E-state index in [1.807, 2.05) is 0 Å². The molecule has 0 bridgehead atoms. The number of hydrogen-bond acceptors (Lipinski definition) is 4. The fourth-order valence-electron chi connectivity index (χ4n) is 3.50. The molecule has 8 nitrogen and oxygen atoms in total. The molecule has 0 radical (unpaired) electrons. The first-order chi connectivity index (χ1) is 15.2. The number of carbonyl (C=O) groups is 4. The van der Waals surface area contributed by atoms with Crippen molar-refractivity contribution in [1.29, 1.82) is 0 Å². The van der Waals surface area contributed by atoms with Crippen molar-refractivity contribution in [3.63, 3.8) is 0 Å². The van der Waals surface area contributed by atoms with Gasteiger partial charge in [0.25, 0.3) is 11.8 Å². The van der Waals surface area contributed by atoms with Crippen LogP contribution >= 0.6 is 23.2 Å². The van der Waals surface area contributed by atoms with E-state index in [1.54, 1.807) is 36.4 Å². The summed E-state index contributed by atoms with van der Waals surface area (Å²) in [7, 11) is 0. The lowest BCUT2D eigenvalue weighted by Gasteiger charge is -2.23. The minimum absolute atomic E-state index is 0.212. The summed E-state index contributed by atoms with van der Waals surface area (Å²) in [5.74, 6) is -1.41. The highest BCUT2D eigenvalue weighted by molar-refractivity contribution is 6.35. The zero-order valence-electron chi connectivity index (χ0n) is 17.1. The number of hydrogen-bond donors (Lipinski definition) is 3. The highest BCUT2D eigenvalue weighted by atomic mass is 35.5. The van der Waals surface area contributed by atoms with Gasteiger partial charge < -0.3 is 16.0 Å². The summed E-state index contributed by atoms with van der Waals surface area (Å²) in [6.07, 6.45) is 1.93. The quantitative estimate of drug-likeness (QED) is 0.558. The molecule has 4 rings (SSSR count). The van der Waals surface area contributed by atoms with E-state index in [9.17, 15) is 19.2 Å². The topological polar surface area (TPSA) is 108 Å². The predicted octanol–water partition coefficient (Wildman–Crippen LogP) is 3.29. The van der Waals surface area contributed by atoms with E-state index in [-0.39, 0.29) is 17.0 Å². The molecule has 1 atom stereocenters. The van der Waals surface area contributed by atoms with Crippen LogP contribution in [0.25, 0.3) is 0 Å². The van der Waals surface area contributed by atoms with Crippen molar-refractivity contribution in [2.75, 3.05) is 11.9 Å². The van der Waals surface area contributed by atoms with E-state index < -0.39 is 29.9 Å². The molecule has 1 saturated carbocycles. The maximum atomic E-state index is 13.0. The summed E-state index contributed by atoms with van der Waals surface area (Å²) in [6, 6.07) is 10.6. The molecule has 0 spiro atoms. The van der Waals surface area contributed by atoms with Crippen LogP contribution in [-0.4, -0.2) is 41.2 Å². The average molecular weight is 475 g/mol. The fourth-order valence-corrected chi connectivity index (χ4v) is 4.09. The molecule has 1 unspecified atom stereocenters. The lowest BCUT2D eigenvalue weighted by Crippen LogP contribution is -2.42. The first kappa shape index (κ1) is 22.1. The highest BCUT2D eigenvalue weighted by Gasteiger charge is 2.50. The smallest absolute Gasteiger partial charge is 0.325 e. The van der Waals surface area contributed by atoms with Gasteiger partial charge in [0.2, 0.25) is 5.91 Å². The Balaban J connectivity index is 1.45. The standard InChI is InChI=1S/C22H20Cl2N4O4/c1-22(16-8-5-13(23)10-17(16)24)20(31)28(21(32)27-22)11-18(29)25-15-4-2-3-12(9-15)19(30)26-14-6-7-14/h2-5,8-10,14H,6-7,11H2,1H3,(H,25,29)(H,26,30)(H,27,32). The van der Waals surface area contributed by atoms with Gasteiger partial charge in [0.15, 0.2) is 0 Å². The third-order valence-electron chi connectivity index (χ3n) is 5.37. The SMILES string of the molecule is CC1(c2ccc(Cl)cc2Cl)NC(=O)N(CC(=O)Nc2cccc(C(=O)NC3CC3)c2)C1=O. The number of benzene rings is 2. The van der Waals surface area contributed by atoms with Gasteiger partial charge in [-0.05, 0) is 50.1 Å². The molecule has 1 heterocycles. The highest BCUT2D eigenvalue weighted by Crippen LogP contribution is 2.35. The molecule has 166 valence electrons. The summed E-state index contributed by atoms with van der Waals surface area (Å²) in [5, 5.41) is 8.72. The van der Waals surface area contributed by atoms with Gasteiger partial charge >= 0.3 is 6.03 Å². The monoisotopic (exact) mass is 474 g/mol. The Morgan fingerprint density at radius 3 is 2.59 bits per heavy atom. The van der Waals surface area contributed by atoms with Crippen LogP contribution in [0.5, 0.6) is 0 Å². The number of imide groups is 1. The molecule has 0 aromatic heterocycles. The normalized spacial score (nSPS) is 20.2. The predicted molar refractivity (Wildman–Crippen MR) is 120 cm³/mol. The van der Waals surface area contributed by atoms with E-state index in [0.29, 0.717) is 21.8 Å². The molecule has 2 aromatic rings. The fraction of sp³-hybridized carbons (Fsp3) is 0.273. The Morgan fingerprint density at radius 1 is 1.16 bits per heavy atom. The van der Waals surface area contributed by atoms with E-state index in [0.717, 1.165) is 17.7 Å². The number of nitrogens with one attached hydrogen (secondary N) is 3. The van der Waals surface area contributed by atoms with E-state index in [1.165, 1.54) is 13.0 Å². The second-order valence-electron chi connectivity index (χ2n) is 7.95. The van der Waals surface area contributed by atoms with Crippen molar-refractivity contribution in [1.82, 2.24) is 15.5 Å². The number of halogens is 2. The van der Waals surface area contributed by atoms with Crippen LogP contribution in [-0.2, 0) is 15.1 Å². The average Bonchev–Trinajstić information content (AvgIpc) is 3.51. The van der Waals surface area contributed by atoms with Gasteiger partial charge in [0.05, 0.1) is 0 Å². The third-order valence-corrected chi connectivity index (χ3v) is 5.92. The lowest BCUT2D eigenvalue weighted by atomic mass is 9.92. The summed E-state index contributed by atoms with van der Waals surface area (Å²) in [5.41, 5.74) is -0.261. The summed E-state index contributed by atoms with van der Waals surface area (Å²) < 4.78 is 0. The van der Waals surface area contributed by atoms with Crippen molar-refractivity contribution in [3.8, 4) is 0 Å². The van der Waals surface area contributed by atoms with Gasteiger partial charge in [-0.2, -0.15) is 0 Å². The largest absolute Gasteiger partial charge is 0.349 e. The number of nitrogens with zero attached hydrogens (tertiary/aromatic N) is 1. The first-order valence-corrected chi connectivity index (χ1v) is 10.7. The van der Waals surface area contributed by atoms with Gasteiger partial charge in [0, 0.05) is 32.9 Å². The second kappa shape index (κ2) is 8.44. The van der Waals surface area contributed by atoms with Crippen LogP contribution in [0.3, 0.4) is 0 Å². The molecule has 32 heavy (non-hydrogen) atoms. The lowest BCUT2D eigenvalue weighted by molar-refractivity contribution is -0.133. The Labute approximate surface area is 194 Å². The second-order valence-corrected chi connectivity index (χ2v) is 8.79. The van der Waals surface area contributed by atoms with E-state index in [2.05, 4.69) is 16.0 Å². The Morgan fingerprint density at radius 2 is 1.91 bits per heavy atom. The molecular formula is C22H20Cl2N4O4. The molecule has 1 saturated heterocycles. The van der Waals surface area contributed by atoms with Gasteiger partial charge in [0.1, 0.15) is 12.1 Å². The van der Waals surface area contributed by atoms with Crippen LogP contribution in [0, 0.1) is 0 Å². The maximum Gasteiger partial charge on any atom is 0.325 e. The summed E-state index contributed by atoms with van der Waals surface area (Å²) in [6.45, 7) is 1.02. The zero-order chi connectivity index (χ0) is 23.0. The summed E-state index contributed by atoms with van der Waals surface area (Å²) in [4.78, 5) is 51.1. The molecule has 2 aliphatic rings. The number of carbonyl (C=O) groups excluding carboxylic acids is 4. The molecule has 1 aliphatic carbocycles. The van der Waals surface area contributed by atoms with Gasteiger partial charge in [-0.3, -0.25) is 19.3 Å². The molecule has 5 amide bonds. The Kier molecular flexibility index (Phi) is 5.83. The first-order valence-electron chi connectivity index (χ1n) is 9.98. The third kappa shape index (κ3) is 4.42. The van der Waals surface area contributed by atoms with Crippen LogP contribution < -0.4 is 16.0 Å². The Bertz CT molecular complexity index is 1130. The van der Waals surface area contributed by atoms with Crippen LogP contribution in [0.15, 0.2) is 42.5 Å². The number of amides is 5. The van der Waals surface area contributed by atoms with Crippen LogP contribution in [0.2, 0.25) is 10.0 Å². The molecule has 10 heteroatoms. The van der Waals surface area contributed by atoms with Crippen molar-refractivity contribution in [2.24, 2.45) is 0 Å². The van der Waals surface area contributed by atoms with E-state index >= 15 is 0 Å². The minimum Gasteiger partial charge on any atom is -0.349 e. The van der Waals surface area contributed by atoms with Crippen LogP contribution in [0.1, 0.15) is 35.7 Å². The molecule has 1 aliphatic heterocycles. The number of rotatable bonds is 6. The van der Waals surface area contributed by atoms with Crippen molar-refractivity contribution >= 4 is 52.6 Å². The molecule has 2 fully saturated rings. The van der Waals surface area contributed by atoms with Crippen molar-refractivity contribution < 1.29 is 19.2 Å².